The highest BCUT2D eigenvalue weighted by molar-refractivity contribution is 5.46. The molecule has 0 saturated heterocycles. The molecule has 2 rings (SSSR count). The number of aromatic nitrogens is 2. The Kier molecular flexibility index (Phi) is 3.56. The molecule has 0 saturated carbocycles. The number of anilines is 1. The second kappa shape index (κ2) is 5.32. The monoisotopic (exact) mass is 216 g/mol. The van der Waals surface area contributed by atoms with Crippen molar-refractivity contribution in [1.82, 2.24) is 15.3 Å². The fraction of sp³-hybridized carbons (Fsp3) is 0.250. The van der Waals surface area contributed by atoms with Crippen molar-refractivity contribution in [3.05, 3.63) is 48.0 Å². The van der Waals surface area contributed by atoms with Crippen LogP contribution in [0.3, 0.4) is 0 Å². The number of rotatable bonds is 5. The molecule has 1 heterocycles. The highest BCUT2D eigenvalue weighted by atomic mass is 14.9. The van der Waals surface area contributed by atoms with Gasteiger partial charge >= 0.3 is 0 Å². The van der Waals surface area contributed by atoms with Gasteiger partial charge in [0.1, 0.15) is 5.82 Å². The lowest BCUT2D eigenvalue weighted by Gasteiger charge is -2.06. The lowest BCUT2D eigenvalue weighted by molar-refractivity contribution is 0.675. The summed E-state index contributed by atoms with van der Waals surface area (Å²) < 4.78 is 0. The number of para-hydroxylation sites is 1. The molecule has 0 radical (unpaired) electrons. The molecule has 1 aromatic carbocycles. The zero-order valence-corrected chi connectivity index (χ0v) is 9.11. The third kappa shape index (κ3) is 2.84. The maximum atomic E-state index is 5.84. The molecule has 4 nitrogen and oxygen atoms in total. The number of aromatic amines is 1. The van der Waals surface area contributed by atoms with Crippen LogP contribution in [0.4, 0.5) is 5.69 Å². The molecule has 0 atom stereocenters. The molecule has 0 spiro atoms. The molecule has 0 aliphatic rings. The van der Waals surface area contributed by atoms with Crippen molar-refractivity contribution in [2.45, 2.75) is 13.0 Å². The Balaban J connectivity index is 1.74. The predicted octanol–water partition coefficient (Wildman–Crippen LogP) is 1.32. The number of H-pyrrole nitrogens is 1. The van der Waals surface area contributed by atoms with Gasteiger partial charge < -0.3 is 16.0 Å². The van der Waals surface area contributed by atoms with E-state index >= 15 is 0 Å². The van der Waals surface area contributed by atoms with E-state index in [9.17, 15) is 0 Å². The van der Waals surface area contributed by atoms with Gasteiger partial charge in [0.25, 0.3) is 0 Å². The van der Waals surface area contributed by atoms with Crippen molar-refractivity contribution in [3.63, 3.8) is 0 Å². The van der Waals surface area contributed by atoms with E-state index in [4.69, 9.17) is 5.73 Å². The second-order valence-electron chi connectivity index (χ2n) is 3.66. The Labute approximate surface area is 94.9 Å². The van der Waals surface area contributed by atoms with Gasteiger partial charge in [-0.05, 0) is 11.6 Å². The number of nitrogens with two attached hydrogens (primary N) is 1. The lowest BCUT2D eigenvalue weighted by Crippen LogP contribution is -2.17. The number of nitrogen functional groups attached to an aromatic ring is 1. The SMILES string of the molecule is Nc1ccccc1CNCCc1ncc[nH]1. The van der Waals surface area contributed by atoms with E-state index in [0.717, 1.165) is 36.6 Å². The Hall–Kier alpha value is -1.81. The number of hydrogen-bond donors (Lipinski definition) is 3. The van der Waals surface area contributed by atoms with E-state index in [1.165, 1.54) is 0 Å². The minimum absolute atomic E-state index is 0.799. The van der Waals surface area contributed by atoms with Crippen molar-refractivity contribution < 1.29 is 0 Å². The van der Waals surface area contributed by atoms with Gasteiger partial charge in [-0.1, -0.05) is 18.2 Å². The highest BCUT2D eigenvalue weighted by Gasteiger charge is 1.97. The van der Waals surface area contributed by atoms with Crippen LogP contribution in [0.2, 0.25) is 0 Å². The summed E-state index contributed by atoms with van der Waals surface area (Å²) in [5.41, 5.74) is 7.82. The van der Waals surface area contributed by atoms with Gasteiger partial charge in [0.05, 0.1) is 0 Å². The van der Waals surface area contributed by atoms with E-state index in [1.807, 2.05) is 30.5 Å². The van der Waals surface area contributed by atoms with Crippen LogP contribution in [0.1, 0.15) is 11.4 Å². The quantitative estimate of drug-likeness (QED) is 0.521. The smallest absolute Gasteiger partial charge is 0.107 e. The average Bonchev–Trinajstić information content (AvgIpc) is 2.79. The van der Waals surface area contributed by atoms with E-state index in [2.05, 4.69) is 15.3 Å². The van der Waals surface area contributed by atoms with Gasteiger partial charge in [0.15, 0.2) is 0 Å². The summed E-state index contributed by atoms with van der Waals surface area (Å²) in [6.45, 7) is 1.69. The summed E-state index contributed by atoms with van der Waals surface area (Å²) in [6, 6.07) is 7.90. The summed E-state index contributed by atoms with van der Waals surface area (Å²) in [5, 5.41) is 3.34. The standard InChI is InChI=1S/C12H16N4/c13-11-4-2-1-3-10(11)9-14-6-5-12-15-7-8-16-12/h1-4,7-8,14H,5-6,9,13H2,(H,15,16). The average molecular weight is 216 g/mol. The van der Waals surface area contributed by atoms with Crippen molar-refractivity contribution in [2.75, 3.05) is 12.3 Å². The molecule has 16 heavy (non-hydrogen) atoms. The third-order valence-electron chi connectivity index (χ3n) is 2.46. The first-order chi connectivity index (χ1) is 7.86. The molecule has 84 valence electrons. The van der Waals surface area contributed by atoms with Gasteiger partial charge in [0, 0.05) is 37.6 Å². The molecule has 4 heteroatoms. The fourth-order valence-electron chi connectivity index (χ4n) is 1.56. The fourth-order valence-corrected chi connectivity index (χ4v) is 1.56. The molecule has 4 N–H and O–H groups in total. The zero-order chi connectivity index (χ0) is 11.2. The van der Waals surface area contributed by atoms with Gasteiger partial charge in [-0.15, -0.1) is 0 Å². The predicted molar refractivity (Wildman–Crippen MR) is 64.9 cm³/mol. The summed E-state index contributed by atoms with van der Waals surface area (Å²) in [4.78, 5) is 7.23. The van der Waals surface area contributed by atoms with Crippen LogP contribution in [0, 0.1) is 0 Å². The molecule has 0 unspecified atom stereocenters. The number of imidazole rings is 1. The molecule has 1 aromatic heterocycles. The van der Waals surface area contributed by atoms with Crippen LogP contribution in [-0.2, 0) is 13.0 Å². The van der Waals surface area contributed by atoms with E-state index in [1.54, 1.807) is 6.20 Å². The van der Waals surface area contributed by atoms with Crippen molar-refractivity contribution in [2.24, 2.45) is 0 Å². The number of nitrogens with zero attached hydrogens (tertiary/aromatic N) is 1. The van der Waals surface area contributed by atoms with Crippen LogP contribution in [0.5, 0.6) is 0 Å². The Morgan fingerprint density at radius 2 is 2.19 bits per heavy atom. The molecular weight excluding hydrogens is 200 g/mol. The van der Waals surface area contributed by atoms with E-state index in [-0.39, 0.29) is 0 Å². The first-order valence-electron chi connectivity index (χ1n) is 5.38. The topological polar surface area (TPSA) is 66.7 Å². The van der Waals surface area contributed by atoms with E-state index in [0.29, 0.717) is 0 Å². The van der Waals surface area contributed by atoms with Gasteiger partial charge in [0.2, 0.25) is 0 Å². The first kappa shape index (κ1) is 10.7. The van der Waals surface area contributed by atoms with Gasteiger partial charge in [-0.25, -0.2) is 4.98 Å². The van der Waals surface area contributed by atoms with Crippen molar-refractivity contribution >= 4 is 5.69 Å². The first-order valence-corrected chi connectivity index (χ1v) is 5.38. The Morgan fingerprint density at radius 3 is 2.94 bits per heavy atom. The van der Waals surface area contributed by atoms with Gasteiger partial charge in [-0.2, -0.15) is 0 Å². The zero-order valence-electron chi connectivity index (χ0n) is 9.11. The third-order valence-corrected chi connectivity index (χ3v) is 2.46. The molecule has 0 bridgehead atoms. The van der Waals surface area contributed by atoms with Crippen LogP contribution < -0.4 is 11.1 Å². The van der Waals surface area contributed by atoms with Crippen molar-refractivity contribution in [1.29, 1.82) is 0 Å². The maximum Gasteiger partial charge on any atom is 0.107 e. The number of hydrogen-bond acceptors (Lipinski definition) is 3. The minimum atomic E-state index is 0.799. The summed E-state index contributed by atoms with van der Waals surface area (Å²) >= 11 is 0. The molecule has 0 fully saturated rings. The Morgan fingerprint density at radius 1 is 1.31 bits per heavy atom. The Bertz CT molecular complexity index is 422. The maximum absolute atomic E-state index is 5.84. The second-order valence-corrected chi connectivity index (χ2v) is 3.66. The van der Waals surface area contributed by atoms with Crippen molar-refractivity contribution in [3.8, 4) is 0 Å². The van der Waals surface area contributed by atoms with E-state index < -0.39 is 0 Å². The van der Waals surface area contributed by atoms with Gasteiger partial charge in [-0.3, -0.25) is 0 Å². The molecular formula is C12H16N4. The molecule has 0 aliphatic carbocycles. The van der Waals surface area contributed by atoms with Crippen LogP contribution in [-0.4, -0.2) is 16.5 Å². The molecule has 0 aliphatic heterocycles. The largest absolute Gasteiger partial charge is 0.398 e. The molecule has 2 aromatic rings. The van der Waals surface area contributed by atoms with Crippen LogP contribution in [0.15, 0.2) is 36.7 Å². The van der Waals surface area contributed by atoms with Crippen LogP contribution >= 0.6 is 0 Å². The minimum Gasteiger partial charge on any atom is -0.398 e. The number of nitrogens with one attached hydrogen (secondary N) is 2. The summed E-state index contributed by atoms with van der Waals surface area (Å²) in [6.07, 6.45) is 4.51. The lowest BCUT2D eigenvalue weighted by atomic mass is 10.2. The van der Waals surface area contributed by atoms with Crippen LogP contribution in [0.25, 0.3) is 0 Å². The normalized spacial score (nSPS) is 10.5. The number of benzene rings is 1. The summed E-state index contributed by atoms with van der Waals surface area (Å²) in [5.74, 6) is 1.01. The molecule has 0 amide bonds. The summed E-state index contributed by atoms with van der Waals surface area (Å²) in [7, 11) is 0. The highest BCUT2D eigenvalue weighted by Crippen LogP contribution is 2.09.